The summed E-state index contributed by atoms with van der Waals surface area (Å²) in [5.74, 6) is -2.44. The van der Waals surface area contributed by atoms with E-state index < -0.39 is 52.8 Å². The molecule has 2 saturated heterocycles. The van der Waals surface area contributed by atoms with Gasteiger partial charge in [-0.3, -0.25) is 4.21 Å². The third kappa shape index (κ3) is 4.88. The van der Waals surface area contributed by atoms with Crippen molar-refractivity contribution in [2.45, 2.75) is 44.0 Å². The van der Waals surface area contributed by atoms with Gasteiger partial charge in [0.1, 0.15) is 28.9 Å². The number of ether oxygens (including phenoxy) is 1. The molecule has 0 radical (unpaired) electrons. The van der Waals surface area contributed by atoms with E-state index >= 15 is 4.39 Å². The molecule has 9 nitrogen and oxygen atoms in total. The summed E-state index contributed by atoms with van der Waals surface area (Å²) in [4.78, 5) is 25.9. The van der Waals surface area contributed by atoms with Gasteiger partial charge in [-0.25, -0.2) is 32.9 Å². The molecule has 2 aliphatic heterocycles. The summed E-state index contributed by atoms with van der Waals surface area (Å²) >= 11 is 6.17. The highest BCUT2D eigenvalue weighted by Crippen LogP contribution is 2.46. The minimum atomic E-state index is -3.02. The van der Waals surface area contributed by atoms with Crippen molar-refractivity contribution in [1.29, 1.82) is 0 Å². The van der Waals surface area contributed by atoms with Crippen molar-refractivity contribution in [1.82, 2.24) is 15.0 Å². The lowest BCUT2D eigenvalue weighted by molar-refractivity contribution is -0.138. The number of aromatic nitrogens is 3. The first-order valence-electron chi connectivity index (χ1n) is 12.9. The fourth-order valence-corrected chi connectivity index (χ4v) is 7.29. The third-order valence-corrected chi connectivity index (χ3v) is 9.43. The Balaban J connectivity index is 1.39. The monoisotopic (exact) mass is 608 g/mol. The number of carbonyl (C=O) groups is 1. The number of furan rings is 1. The maximum absolute atomic E-state index is 16.4. The summed E-state index contributed by atoms with van der Waals surface area (Å²) in [5.41, 5.74) is -1.22. The molecule has 5 heterocycles. The highest BCUT2D eigenvalue weighted by atomic mass is 35.5. The molecule has 14 heteroatoms. The van der Waals surface area contributed by atoms with Crippen LogP contribution in [0.1, 0.15) is 37.6 Å². The van der Waals surface area contributed by atoms with Gasteiger partial charge in [0.05, 0.1) is 17.1 Å². The van der Waals surface area contributed by atoms with E-state index in [1.807, 2.05) is 0 Å². The molecule has 216 valence electrons. The van der Waals surface area contributed by atoms with Crippen LogP contribution in [0.15, 0.2) is 40.9 Å². The summed E-state index contributed by atoms with van der Waals surface area (Å²) in [5, 5.41) is 10.7. The minimum Gasteiger partial charge on any atom is -0.480 e. The van der Waals surface area contributed by atoms with E-state index in [9.17, 15) is 22.9 Å². The predicted molar refractivity (Wildman–Crippen MR) is 146 cm³/mol. The van der Waals surface area contributed by atoms with Gasteiger partial charge in [0, 0.05) is 46.2 Å². The van der Waals surface area contributed by atoms with E-state index in [2.05, 4.69) is 15.0 Å². The normalized spacial score (nSPS) is 26.7. The summed E-state index contributed by atoms with van der Waals surface area (Å²) in [6.07, 6.45) is -2.64. The Hall–Kier alpha value is -3.45. The van der Waals surface area contributed by atoms with E-state index in [0.717, 1.165) is 0 Å². The maximum atomic E-state index is 16.4. The van der Waals surface area contributed by atoms with Gasteiger partial charge in [0.25, 0.3) is 6.43 Å². The van der Waals surface area contributed by atoms with Crippen LogP contribution in [-0.2, 0) is 21.3 Å². The summed E-state index contributed by atoms with van der Waals surface area (Å²) in [6.45, 7) is 1.57. The second-order valence-corrected chi connectivity index (χ2v) is 12.4. The van der Waals surface area contributed by atoms with Gasteiger partial charge < -0.3 is 19.2 Å². The molecule has 0 saturated carbocycles. The molecule has 2 fully saturated rings. The Morgan fingerprint density at radius 3 is 2.83 bits per heavy atom. The van der Waals surface area contributed by atoms with Crippen LogP contribution in [0.25, 0.3) is 22.1 Å². The second-order valence-electron chi connectivity index (χ2n) is 10.3. The molecule has 41 heavy (non-hydrogen) atoms. The molecule has 0 aliphatic carbocycles. The number of hydrogen-bond donors (Lipinski definition) is 1. The number of anilines is 1. The first kappa shape index (κ1) is 27.7. The number of hydrogen-bond acceptors (Lipinski definition) is 8. The molecule has 1 N–H and O–H groups in total. The minimum absolute atomic E-state index is 0.0188. The van der Waals surface area contributed by atoms with Crippen LogP contribution in [0.3, 0.4) is 0 Å². The first-order chi connectivity index (χ1) is 19.5. The van der Waals surface area contributed by atoms with Crippen LogP contribution in [0.5, 0.6) is 5.88 Å². The molecule has 0 spiro atoms. The number of benzene rings is 1. The van der Waals surface area contributed by atoms with E-state index in [1.54, 1.807) is 31.2 Å². The Bertz CT molecular complexity index is 1690. The first-order valence-corrected chi connectivity index (χ1v) is 14.7. The fraction of sp³-hybridized carbons (Fsp3) is 0.407. The maximum Gasteiger partial charge on any atom is 0.326 e. The third-order valence-electron chi connectivity index (χ3n) is 7.69. The summed E-state index contributed by atoms with van der Waals surface area (Å²) in [6, 6.07) is 6.94. The molecule has 4 aromatic rings. The van der Waals surface area contributed by atoms with Crippen LogP contribution >= 0.6 is 11.6 Å². The molecule has 5 atom stereocenters. The van der Waals surface area contributed by atoms with Crippen LogP contribution in [-0.4, -0.2) is 60.4 Å². The van der Waals surface area contributed by atoms with Crippen LogP contribution < -0.4 is 9.64 Å². The number of halogens is 4. The number of fused-ring (bicyclic) bond motifs is 3. The molecule has 6 rings (SSSR count). The van der Waals surface area contributed by atoms with Gasteiger partial charge >= 0.3 is 5.97 Å². The van der Waals surface area contributed by atoms with E-state index in [-0.39, 0.29) is 64.3 Å². The standard InChI is InChI=1S/C27H24ClF3N4O5S/c1-13-12-41(38)7-6-27(13,31)17-8-14(28)10-32-25(17)39-15-9-18(26(36)37)35(11-15)24-21-20(33-23(34-24)22(29)30)16-4-2-3-5-19(16)40-21/h2-5,8,10,13,15,18,22H,6-7,9,11-12H2,1H3,(H,36,37)/t13-,15-,18-,27+,41?/m0/s1. The Morgan fingerprint density at radius 1 is 1.32 bits per heavy atom. The second kappa shape index (κ2) is 10.4. The zero-order valence-corrected chi connectivity index (χ0v) is 23.2. The quantitative estimate of drug-likeness (QED) is 0.306. The van der Waals surface area contributed by atoms with E-state index in [0.29, 0.717) is 11.0 Å². The molecule has 2 aliphatic rings. The zero-order valence-electron chi connectivity index (χ0n) is 21.6. The average Bonchev–Trinajstić information content (AvgIpc) is 3.53. The van der Waals surface area contributed by atoms with Gasteiger partial charge in [-0.1, -0.05) is 30.7 Å². The smallest absolute Gasteiger partial charge is 0.326 e. The van der Waals surface area contributed by atoms with Crippen molar-refractivity contribution in [3.8, 4) is 5.88 Å². The number of nitrogens with zero attached hydrogens (tertiary/aromatic N) is 4. The van der Waals surface area contributed by atoms with Gasteiger partial charge in [-0.15, -0.1) is 0 Å². The lowest BCUT2D eigenvalue weighted by Crippen LogP contribution is -2.39. The number of para-hydroxylation sites is 1. The van der Waals surface area contributed by atoms with Gasteiger partial charge in [0.2, 0.25) is 5.88 Å². The molecule has 0 bridgehead atoms. The number of pyridine rings is 1. The van der Waals surface area contributed by atoms with Crippen LogP contribution in [0.2, 0.25) is 5.02 Å². The molecule has 1 aromatic carbocycles. The SMILES string of the molecule is C[C@H]1CS(=O)CC[C@]1(F)c1cc(Cl)cnc1O[C@H]1C[C@@H](C(=O)O)N(c2nc(C(F)F)nc3c2oc2ccccc23)C1. The number of carboxylic acids is 1. The molecular formula is C27H24ClF3N4O5S. The van der Waals surface area contributed by atoms with Crippen molar-refractivity contribution >= 4 is 56.3 Å². The van der Waals surface area contributed by atoms with Crippen LogP contribution in [0.4, 0.5) is 19.0 Å². The van der Waals surface area contributed by atoms with Gasteiger partial charge in [-0.2, -0.15) is 0 Å². The summed E-state index contributed by atoms with van der Waals surface area (Å²) in [7, 11) is -1.15. The van der Waals surface area contributed by atoms with Crippen molar-refractivity contribution in [2.75, 3.05) is 23.0 Å². The van der Waals surface area contributed by atoms with Crippen molar-refractivity contribution < 1.29 is 36.4 Å². The Labute approximate surface area is 239 Å². The Kier molecular flexibility index (Phi) is 7.05. The highest BCUT2D eigenvalue weighted by molar-refractivity contribution is 7.85. The average molecular weight is 609 g/mol. The molecular weight excluding hydrogens is 585 g/mol. The van der Waals surface area contributed by atoms with E-state index in [4.69, 9.17) is 20.8 Å². The van der Waals surface area contributed by atoms with E-state index in [1.165, 1.54) is 17.2 Å². The van der Waals surface area contributed by atoms with Crippen LogP contribution in [0, 0.1) is 5.92 Å². The molecule has 0 amide bonds. The van der Waals surface area contributed by atoms with Crippen molar-refractivity contribution in [2.24, 2.45) is 5.92 Å². The zero-order chi connectivity index (χ0) is 29.1. The fourth-order valence-electron chi connectivity index (χ4n) is 5.62. The van der Waals surface area contributed by atoms with Gasteiger partial charge in [0.15, 0.2) is 17.2 Å². The number of carboxylic acid groups (broad SMARTS) is 1. The summed E-state index contributed by atoms with van der Waals surface area (Å²) < 4.78 is 68.2. The number of alkyl halides is 3. The number of rotatable bonds is 6. The predicted octanol–water partition coefficient (Wildman–Crippen LogP) is 5.43. The molecule has 1 unspecified atom stereocenters. The lowest BCUT2D eigenvalue weighted by atomic mass is 9.83. The number of aliphatic carboxylic acids is 1. The Morgan fingerprint density at radius 2 is 2.10 bits per heavy atom. The molecule has 3 aromatic heterocycles. The lowest BCUT2D eigenvalue weighted by Gasteiger charge is -2.36. The topological polar surface area (TPSA) is 119 Å². The van der Waals surface area contributed by atoms with Crippen molar-refractivity contribution in [3.05, 3.63) is 52.9 Å². The van der Waals surface area contributed by atoms with Crippen molar-refractivity contribution in [3.63, 3.8) is 0 Å². The van der Waals surface area contributed by atoms with Gasteiger partial charge in [-0.05, 0) is 24.6 Å². The highest BCUT2D eigenvalue weighted by Gasteiger charge is 2.46. The largest absolute Gasteiger partial charge is 0.480 e.